The molecule has 0 spiro atoms. The molecule has 7 heteroatoms. The van der Waals surface area contributed by atoms with E-state index in [1.54, 1.807) is 18.2 Å². The van der Waals surface area contributed by atoms with Gasteiger partial charge in [-0.05, 0) is 12.1 Å². The zero-order valence-electron chi connectivity index (χ0n) is 13.6. The van der Waals surface area contributed by atoms with Gasteiger partial charge >= 0.3 is 5.97 Å². The van der Waals surface area contributed by atoms with Crippen LogP contribution in [-0.2, 0) is 15.3 Å². The van der Waals surface area contributed by atoms with Gasteiger partial charge in [0.15, 0.2) is 5.82 Å². The Kier molecular flexibility index (Phi) is 4.35. The first kappa shape index (κ1) is 16.8. The molecule has 0 radical (unpaired) electrons. The van der Waals surface area contributed by atoms with Gasteiger partial charge < -0.3 is 19.6 Å². The Morgan fingerprint density at radius 3 is 2.36 bits per heavy atom. The Morgan fingerprint density at radius 1 is 1.08 bits per heavy atom. The van der Waals surface area contributed by atoms with Gasteiger partial charge in [0.1, 0.15) is 0 Å². The van der Waals surface area contributed by atoms with Crippen LogP contribution in [0.2, 0.25) is 0 Å². The van der Waals surface area contributed by atoms with Crippen molar-refractivity contribution >= 4 is 16.9 Å². The number of carbonyl (C=O) groups is 1. The number of aromatic amines is 1. The minimum atomic E-state index is -1.42. The highest BCUT2D eigenvalue weighted by Gasteiger charge is 2.38. The van der Waals surface area contributed by atoms with E-state index in [-0.39, 0.29) is 22.3 Å². The van der Waals surface area contributed by atoms with Gasteiger partial charge in [0.25, 0.3) is 11.3 Å². The van der Waals surface area contributed by atoms with E-state index in [1.165, 1.54) is 26.4 Å². The average molecular weight is 340 g/mol. The number of H-pyrrole nitrogens is 1. The minimum absolute atomic E-state index is 0.00733. The van der Waals surface area contributed by atoms with E-state index < -0.39 is 17.3 Å². The van der Waals surface area contributed by atoms with Gasteiger partial charge in [0.2, 0.25) is 0 Å². The molecule has 0 amide bonds. The molecule has 128 valence electrons. The molecule has 3 rings (SSSR count). The monoisotopic (exact) mass is 340 g/mol. The first-order valence-corrected chi connectivity index (χ1v) is 7.46. The fourth-order valence-electron chi connectivity index (χ4n) is 2.83. The number of hydrogen-bond acceptors (Lipinski definition) is 5. The summed E-state index contributed by atoms with van der Waals surface area (Å²) >= 11 is 0. The number of rotatable bonds is 5. The average Bonchev–Trinajstić information content (AvgIpc) is 2.63. The van der Waals surface area contributed by atoms with Crippen LogP contribution in [0.25, 0.3) is 10.9 Å². The number of carboxylic acids is 1. The lowest BCUT2D eigenvalue weighted by atomic mass is 10.0. The molecule has 0 aliphatic rings. The molecule has 0 bridgehead atoms. The van der Waals surface area contributed by atoms with Crippen molar-refractivity contribution in [2.24, 2.45) is 0 Å². The molecule has 3 aromatic rings. The summed E-state index contributed by atoms with van der Waals surface area (Å²) in [7, 11) is 2.88. The molecule has 0 aliphatic carbocycles. The van der Waals surface area contributed by atoms with Crippen molar-refractivity contribution < 1.29 is 19.4 Å². The molecule has 0 saturated heterocycles. The summed E-state index contributed by atoms with van der Waals surface area (Å²) in [6, 6.07) is 13.5. The molecule has 0 aliphatic heterocycles. The lowest BCUT2D eigenvalue weighted by Crippen LogP contribution is -2.36. The third kappa shape index (κ3) is 2.69. The standard InChI is InChI=1S/C18H16N2O5/c1-24-18(25-2,11-7-4-3-5-8-11)17-19-13-10-6-9-12(16(22)23)14(13)15(21)20-17/h3-10H,1-2H3,(H,22,23)(H,19,20,21). The van der Waals surface area contributed by atoms with Gasteiger partial charge in [-0.3, -0.25) is 4.79 Å². The number of ether oxygens (including phenoxy) is 2. The van der Waals surface area contributed by atoms with Crippen molar-refractivity contribution in [3.05, 3.63) is 75.8 Å². The SMILES string of the molecule is COC(OC)(c1ccccc1)c1nc2cccc(C(=O)O)c2c(=O)[nH]1. The van der Waals surface area contributed by atoms with E-state index in [0.717, 1.165) is 0 Å². The quantitative estimate of drug-likeness (QED) is 0.690. The van der Waals surface area contributed by atoms with Crippen LogP contribution in [0.1, 0.15) is 21.7 Å². The maximum Gasteiger partial charge on any atom is 0.336 e. The maximum absolute atomic E-state index is 12.6. The molecule has 1 heterocycles. The van der Waals surface area contributed by atoms with Crippen molar-refractivity contribution in [2.75, 3.05) is 14.2 Å². The van der Waals surface area contributed by atoms with Gasteiger partial charge in [-0.25, -0.2) is 9.78 Å². The number of fused-ring (bicyclic) bond motifs is 1. The third-order valence-corrected chi connectivity index (χ3v) is 4.00. The smallest absolute Gasteiger partial charge is 0.336 e. The molecule has 1 aromatic heterocycles. The van der Waals surface area contributed by atoms with E-state index in [0.29, 0.717) is 5.56 Å². The van der Waals surface area contributed by atoms with Crippen molar-refractivity contribution in [2.45, 2.75) is 5.79 Å². The second kappa shape index (κ2) is 6.46. The summed E-state index contributed by atoms with van der Waals surface area (Å²) in [6.45, 7) is 0. The largest absolute Gasteiger partial charge is 0.478 e. The Balaban J connectivity index is 2.31. The number of nitrogens with zero attached hydrogens (tertiary/aromatic N) is 1. The highest BCUT2D eigenvalue weighted by molar-refractivity contribution is 6.02. The number of methoxy groups -OCH3 is 2. The summed E-state index contributed by atoms with van der Waals surface area (Å²) in [4.78, 5) is 30.9. The molecule has 0 unspecified atom stereocenters. The maximum atomic E-state index is 12.6. The molecule has 0 saturated carbocycles. The van der Waals surface area contributed by atoms with Crippen molar-refractivity contribution in [3.8, 4) is 0 Å². The van der Waals surface area contributed by atoms with E-state index in [2.05, 4.69) is 9.97 Å². The number of nitrogens with one attached hydrogen (secondary N) is 1. The van der Waals surface area contributed by atoms with Gasteiger partial charge in [-0.1, -0.05) is 36.4 Å². The second-order valence-corrected chi connectivity index (χ2v) is 5.31. The zero-order chi connectivity index (χ0) is 18.0. The summed E-state index contributed by atoms with van der Waals surface area (Å²) in [5.41, 5.74) is 0.190. The Hall–Kier alpha value is -3.03. The molecular formula is C18H16N2O5. The number of hydrogen-bond donors (Lipinski definition) is 2. The van der Waals surface area contributed by atoms with Crippen molar-refractivity contribution in [1.29, 1.82) is 0 Å². The zero-order valence-corrected chi connectivity index (χ0v) is 13.6. The third-order valence-electron chi connectivity index (χ3n) is 4.00. The Labute approximate surface area is 142 Å². The van der Waals surface area contributed by atoms with Crippen LogP contribution in [0.5, 0.6) is 0 Å². The van der Waals surface area contributed by atoms with Crippen LogP contribution < -0.4 is 5.56 Å². The van der Waals surface area contributed by atoms with Crippen molar-refractivity contribution in [3.63, 3.8) is 0 Å². The van der Waals surface area contributed by atoms with Gasteiger partial charge in [0, 0.05) is 19.8 Å². The highest BCUT2D eigenvalue weighted by Crippen LogP contribution is 2.31. The van der Waals surface area contributed by atoms with E-state index >= 15 is 0 Å². The van der Waals surface area contributed by atoms with Crippen LogP contribution in [-0.4, -0.2) is 35.3 Å². The van der Waals surface area contributed by atoms with Gasteiger partial charge in [0.05, 0.1) is 16.5 Å². The number of aromatic carboxylic acids is 1. The van der Waals surface area contributed by atoms with Crippen LogP contribution in [0.15, 0.2) is 53.3 Å². The Morgan fingerprint density at radius 2 is 1.76 bits per heavy atom. The number of carboxylic acid groups (broad SMARTS) is 1. The second-order valence-electron chi connectivity index (χ2n) is 5.31. The van der Waals surface area contributed by atoms with Crippen LogP contribution in [0, 0.1) is 0 Å². The van der Waals surface area contributed by atoms with E-state index in [4.69, 9.17) is 9.47 Å². The number of benzene rings is 2. The lowest BCUT2D eigenvalue weighted by Gasteiger charge is -2.30. The van der Waals surface area contributed by atoms with Crippen molar-refractivity contribution in [1.82, 2.24) is 9.97 Å². The Bertz CT molecular complexity index is 978. The van der Waals surface area contributed by atoms with Gasteiger partial charge in [-0.15, -0.1) is 0 Å². The minimum Gasteiger partial charge on any atom is -0.478 e. The first-order valence-electron chi connectivity index (χ1n) is 7.46. The molecule has 25 heavy (non-hydrogen) atoms. The van der Waals surface area contributed by atoms with Crippen LogP contribution in [0.3, 0.4) is 0 Å². The summed E-state index contributed by atoms with van der Waals surface area (Å²) in [6.07, 6.45) is 0. The molecule has 0 atom stereocenters. The van der Waals surface area contributed by atoms with E-state index in [9.17, 15) is 14.7 Å². The fourth-order valence-corrected chi connectivity index (χ4v) is 2.83. The first-order chi connectivity index (χ1) is 12.0. The molecule has 2 N–H and O–H groups in total. The summed E-state index contributed by atoms with van der Waals surface area (Å²) in [5, 5.41) is 9.28. The highest BCUT2D eigenvalue weighted by atomic mass is 16.7. The molecule has 0 fully saturated rings. The molecule has 2 aromatic carbocycles. The van der Waals surface area contributed by atoms with Gasteiger partial charge in [-0.2, -0.15) is 0 Å². The predicted molar refractivity (Wildman–Crippen MR) is 90.6 cm³/mol. The van der Waals surface area contributed by atoms with Crippen LogP contribution >= 0.6 is 0 Å². The summed E-state index contributed by atoms with van der Waals surface area (Å²) in [5.74, 6) is -2.49. The molecule has 7 nitrogen and oxygen atoms in total. The molecular weight excluding hydrogens is 324 g/mol. The number of aromatic nitrogens is 2. The topological polar surface area (TPSA) is 102 Å². The van der Waals surface area contributed by atoms with Crippen LogP contribution in [0.4, 0.5) is 0 Å². The summed E-state index contributed by atoms with van der Waals surface area (Å²) < 4.78 is 11.1. The normalized spacial score (nSPS) is 11.6. The van der Waals surface area contributed by atoms with E-state index in [1.807, 2.05) is 18.2 Å². The fraction of sp³-hybridized carbons (Fsp3) is 0.167. The lowest BCUT2D eigenvalue weighted by molar-refractivity contribution is -0.189. The predicted octanol–water partition coefficient (Wildman–Crippen LogP) is 2.12.